The van der Waals surface area contributed by atoms with Gasteiger partial charge < -0.3 is 14.6 Å². The second-order valence-corrected chi connectivity index (χ2v) is 9.52. The van der Waals surface area contributed by atoms with Crippen LogP contribution in [0.1, 0.15) is 37.9 Å². The van der Waals surface area contributed by atoms with Crippen molar-refractivity contribution < 1.29 is 4.74 Å². The Balaban J connectivity index is 1.65. The molecule has 3 heterocycles. The minimum atomic E-state index is -0.0620. The monoisotopic (exact) mass is 416 g/mol. The number of fused-ring (bicyclic) bond motifs is 8. The first-order chi connectivity index (χ1) is 14.5. The van der Waals surface area contributed by atoms with Crippen LogP contribution in [0.5, 0.6) is 5.75 Å². The van der Waals surface area contributed by atoms with Gasteiger partial charge in [0.1, 0.15) is 5.75 Å². The van der Waals surface area contributed by atoms with Gasteiger partial charge in [0.2, 0.25) is 0 Å². The fraction of sp³-hybridized carbons (Fsp3) is 0.308. The molecule has 0 bridgehead atoms. The van der Waals surface area contributed by atoms with Crippen LogP contribution in [0.4, 0.5) is 5.69 Å². The van der Waals surface area contributed by atoms with Gasteiger partial charge in [0.05, 0.1) is 12.6 Å². The summed E-state index contributed by atoms with van der Waals surface area (Å²) in [5.41, 5.74) is 6.34. The molecule has 0 spiro atoms. The van der Waals surface area contributed by atoms with Crippen LogP contribution in [-0.2, 0) is 12.0 Å². The first kappa shape index (κ1) is 18.1. The lowest BCUT2D eigenvalue weighted by Crippen LogP contribution is -2.46. The van der Waals surface area contributed by atoms with Gasteiger partial charge in [-0.25, -0.2) is 0 Å². The molecule has 30 heavy (non-hydrogen) atoms. The van der Waals surface area contributed by atoms with E-state index >= 15 is 0 Å². The Morgan fingerprint density at radius 2 is 1.93 bits per heavy atom. The van der Waals surface area contributed by atoms with Crippen LogP contribution in [0.3, 0.4) is 0 Å². The molecule has 2 atom stereocenters. The van der Waals surface area contributed by atoms with Crippen molar-refractivity contribution >= 4 is 39.1 Å². The molecule has 6 rings (SSSR count). The first-order valence-corrected chi connectivity index (χ1v) is 11.1. The summed E-state index contributed by atoms with van der Waals surface area (Å²) in [4.78, 5) is 0. The molecule has 4 aromatic rings. The molecule has 0 saturated heterocycles. The number of aromatic nitrogens is 1. The average molecular weight is 417 g/mol. The topological polar surface area (TPSA) is 26.2 Å². The van der Waals surface area contributed by atoms with E-state index in [-0.39, 0.29) is 11.5 Å². The largest absolute Gasteiger partial charge is 0.493 e. The molecule has 0 saturated carbocycles. The van der Waals surface area contributed by atoms with Crippen LogP contribution in [-0.4, -0.2) is 11.2 Å². The lowest BCUT2D eigenvalue weighted by molar-refractivity contribution is 0.136. The molecule has 2 aliphatic rings. The summed E-state index contributed by atoms with van der Waals surface area (Å²) in [7, 11) is 0. The highest BCUT2D eigenvalue weighted by atomic mass is 35.5. The molecule has 1 N–H and O–H groups in total. The zero-order valence-corrected chi connectivity index (χ0v) is 18.3. The highest BCUT2D eigenvalue weighted by molar-refractivity contribution is 6.30. The van der Waals surface area contributed by atoms with Crippen LogP contribution in [0.2, 0.25) is 5.02 Å². The van der Waals surface area contributed by atoms with E-state index in [1.54, 1.807) is 0 Å². The van der Waals surface area contributed by atoms with Crippen LogP contribution >= 0.6 is 11.6 Å². The van der Waals surface area contributed by atoms with Gasteiger partial charge in [0, 0.05) is 56.0 Å². The van der Waals surface area contributed by atoms with Crippen molar-refractivity contribution in [2.45, 2.75) is 38.8 Å². The van der Waals surface area contributed by atoms with Crippen molar-refractivity contribution in [3.8, 4) is 5.75 Å². The Bertz CT molecular complexity index is 1320. The van der Waals surface area contributed by atoms with E-state index < -0.39 is 0 Å². The number of rotatable bonds is 1. The molecule has 3 nitrogen and oxygen atoms in total. The quantitative estimate of drug-likeness (QED) is 0.364. The third-order valence-electron chi connectivity index (χ3n) is 7.26. The lowest BCUT2D eigenvalue weighted by atomic mass is 9.64. The lowest BCUT2D eigenvalue weighted by Gasteiger charge is -2.49. The minimum Gasteiger partial charge on any atom is -0.493 e. The van der Waals surface area contributed by atoms with Gasteiger partial charge in [-0.3, -0.25) is 0 Å². The van der Waals surface area contributed by atoms with E-state index in [0.29, 0.717) is 12.5 Å². The van der Waals surface area contributed by atoms with Crippen LogP contribution in [0.15, 0.2) is 54.6 Å². The summed E-state index contributed by atoms with van der Waals surface area (Å²) < 4.78 is 8.65. The van der Waals surface area contributed by atoms with Gasteiger partial charge in [-0.15, -0.1) is 0 Å². The van der Waals surface area contributed by atoms with Crippen LogP contribution in [0, 0.1) is 5.92 Å². The number of nitrogens with one attached hydrogen (secondary N) is 1. The number of para-hydroxylation sites is 1. The molecule has 1 aromatic heterocycles. The van der Waals surface area contributed by atoms with Crippen molar-refractivity contribution in [3.63, 3.8) is 0 Å². The number of benzene rings is 3. The SMILES string of the molecule is CCn1c2ccccc2c2c3c(ccc21)N[C@H]1c2cc(Cl)ccc2OC[C@H]1C3(C)C. The van der Waals surface area contributed by atoms with Gasteiger partial charge >= 0.3 is 0 Å². The van der Waals surface area contributed by atoms with Crippen molar-refractivity contribution in [1.29, 1.82) is 0 Å². The van der Waals surface area contributed by atoms with Crippen molar-refractivity contribution in [3.05, 3.63) is 70.7 Å². The molecule has 0 fully saturated rings. The molecule has 152 valence electrons. The normalized spacial score (nSPS) is 21.5. The van der Waals surface area contributed by atoms with E-state index in [1.165, 1.54) is 33.1 Å². The molecule has 0 radical (unpaired) electrons. The molecular weight excluding hydrogens is 392 g/mol. The maximum Gasteiger partial charge on any atom is 0.124 e. The highest BCUT2D eigenvalue weighted by Gasteiger charge is 2.47. The summed E-state index contributed by atoms with van der Waals surface area (Å²) >= 11 is 6.36. The molecule has 2 aliphatic heterocycles. The summed E-state index contributed by atoms with van der Waals surface area (Å²) in [6.07, 6.45) is 0. The standard InChI is InChI=1S/C26H25ClN2O/c1-4-29-20-8-6-5-7-16(20)23-21(29)11-10-19-24(23)26(2,3)18-14-30-22-12-9-15(27)13-17(22)25(18)28-19/h5-13,18,25,28H,4,14H2,1-3H3/t18-,25+/m1/s1. The van der Waals surface area contributed by atoms with Crippen LogP contribution < -0.4 is 10.1 Å². The Morgan fingerprint density at radius 3 is 2.77 bits per heavy atom. The molecule has 0 unspecified atom stereocenters. The second-order valence-electron chi connectivity index (χ2n) is 9.09. The smallest absolute Gasteiger partial charge is 0.124 e. The number of aryl methyl sites for hydroxylation is 1. The Kier molecular flexibility index (Phi) is 3.74. The average Bonchev–Trinajstić information content (AvgIpc) is 3.07. The maximum atomic E-state index is 6.36. The Hall–Kier alpha value is -2.65. The van der Waals surface area contributed by atoms with E-state index in [2.05, 4.69) is 73.1 Å². The van der Waals surface area contributed by atoms with Gasteiger partial charge in [-0.2, -0.15) is 0 Å². The zero-order chi connectivity index (χ0) is 20.6. The van der Waals surface area contributed by atoms with E-state index in [1.807, 2.05) is 12.1 Å². The van der Waals surface area contributed by atoms with Crippen molar-refractivity contribution in [2.24, 2.45) is 5.92 Å². The summed E-state index contributed by atoms with van der Waals surface area (Å²) in [5.74, 6) is 1.25. The highest BCUT2D eigenvalue weighted by Crippen LogP contribution is 2.55. The number of halogens is 1. The maximum absolute atomic E-state index is 6.36. The molecule has 0 aliphatic carbocycles. The molecule has 4 heteroatoms. The summed E-state index contributed by atoms with van der Waals surface area (Å²) in [5, 5.41) is 7.33. The van der Waals surface area contributed by atoms with E-state index in [9.17, 15) is 0 Å². The first-order valence-electron chi connectivity index (χ1n) is 10.7. The zero-order valence-electron chi connectivity index (χ0n) is 17.5. The number of anilines is 1. The van der Waals surface area contributed by atoms with Crippen molar-refractivity contribution in [2.75, 3.05) is 11.9 Å². The van der Waals surface area contributed by atoms with Crippen molar-refractivity contribution in [1.82, 2.24) is 4.57 Å². The summed E-state index contributed by atoms with van der Waals surface area (Å²) in [6.45, 7) is 8.63. The minimum absolute atomic E-state index is 0.0620. The molecule has 0 amide bonds. The fourth-order valence-electron chi connectivity index (χ4n) is 5.81. The third kappa shape index (κ3) is 2.27. The second kappa shape index (κ2) is 6.18. The van der Waals surface area contributed by atoms with Crippen LogP contribution in [0.25, 0.3) is 21.8 Å². The predicted molar refractivity (Wildman–Crippen MR) is 125 cm³/mol. The fourth-order valence-corrected chi connectivity index (χ4v) is 5.99. The predicted octanol–water partition coefficient (Wildman–Crippen LogP) is 6.92. The number of hydrogen-bond acceptors (Lipinski definition) is 2. The molecule has 3 aromatic carbocycles. The summed E-state index contributed by atoms with van der Waals surface area (Å²) in [6, 6.07) is 19.5. The van der Waals surface area contributed by atoms with E-state index in [0.717, 1.165) is 22.9 Å². The number of ether oxygens (including phenoxy) is 1. The van der Waals surface area contributed by atoms with E-state index in [4.69, 9.17) is 16.3 Å². The number of nitrogens with zero attached hydrogens (tertiary/aromatic N) is 1. The van der Waals surface area contributed by atoms with Gasteiger partial charge in [-0.1, -0.05) is 43.6 Å². The van der Waals surface area contributed by atoms with Gasteiger partial charge in [0.25, 0.3) is 0 Å². The number of hydrogen-bond donors (Lipinski definition) is 1. The Morgan fingerprint density at radius 1 is 1.10 bits per heavy atom. The van der Waals surface area contributed by atoms with Gasteiger partial charge in [-0.05, 0) is 48.9 Å². The molecular formula is C26H25ClN2O. The third-order valence-corrected chi connectivity index (χ3v) is 7.50. The Labute approximate surface area is 181 Å². The van der Waals surface area contributed by atoms with Gasteiger partial charge in [0.15, 0.2) is 0 Å².